The number of rotatable bonds is 1. The van der Waals surface area contributed by atoms with Gasteiger partial charge in [-0.05, 0) is 25.1 Å². The summed E-state index contributed by atoms with van der Waals surface area (Å²) in [6.07, 6.45) is 1.89. The lowest BCUT2D eigenvalue weighted by Gasteiger charge is -2.13. The lowest BCUT2D eigenvalue weighted by Crippen LogP contribution is -2.08. The van der Waals surface area contributed by atoms with Crippen molar-refractivity contribution in [1.29, 1.82) is 0 Å². The monoisotopic (exact) mass is 307 g/mol. The Morgan fingerprint density at radius 2 is 1.91 bits per heavy atom. The highest BCUT2D eigenvalue weighted by atomic mass is 35.5. The van der Waals surface area contributed by atoms with Crippen LogP contribution in [0.1, 0.15) is 22.6 Å². The average molecular weight is 308 g/mol. The van der Waals surface area contributed by atoms with E-state index in [1.54, 1.807) is 0 Å². The lowest BCUT2D eigenvalue weighted by atomic mass is 10.0. The summed E-state index contributed by atoms with van der Waals surface area (Å²) in [7, 11) is 0. The molecule has 2 heterocycles. The van der Waals surface area contributed by atoms with Crippen LogP contribution in [-0.4, -0.2) is 15.3 Å². The van der Waals surface area contributed by atoms with Gasteiger partial charge in [0.2, 0.25) is 0 Å². The highest BCUT2D eigenvalue weighted by Crippen LogP contribution is 2.28. The first-order valence-electron chi connectivity index (χ1n) is 7.17. The predicted molar refractivity (Wildman–Crippen MR) is 89.1 cm³/mol. The van der Waals surface area contributed by atoms with Gasteiger partial charge in [0, 0.05) is 16.1 Å². The summed E-state index contributed by atoms with van der Waals surface area (Å²) >= 11 is 6.24. The van der Waals surface area contributed by atoms with Crippen LogP contribution in [0, 0.1) is 6.92 Å². The molecule has 22 heavy (non-hydrogen) atoms. The Morgan fingerprint density at radius 1 is 1.09 bits per heavy atom. The normalized spacial score (nSPS) is 13.1. The van der Waals surface area contributed by atoms with Gasteiger partial charge in [0.05, 0.1) is 29.8 Å². The predicted octanol–water partition coefficient (Wildman–Crippen LogP) is 4.19. The molecule has 0 amide bonds. The van der Waals surface area contributed by atoms with E-state index in [1.165, 1.54) is 0 Å². The van der Waals surface area contributed by atoms with Crippen LogP contribution in [0.2, 0.25) is 5.02 Å². The third kappa shape index (κ3) is 2.06. The molecule has 4 heteroatoms. The van der Waals surface area contributed by atoms with E-state index in [9.17, 15) is 0 Å². The van der Waals surface area contributed by atoms with Gasteiger partial charge < -0.3 is 0 Å². The van der Waals surface area contributed by atoms with E-state index in [0.717, 1.165) is 34.0 Å². The topological polar surface area (TPSA) is 30.2 Å². The fourth-order valence-corrected chi connectivity index (χ4v) is 3.08. The molecule has 0 bridgehead atoms. The number of imidazole rings is 1. The summed E-state index contributed by atoms with van der Waals surface area (Å²) in [6, 6.07) is 16.2. The maximum Gasteiger partial charge on any atom is 0.110 e. The van der Waals surface area contributed by atoms with Crippen LogP contribution >= 0.6 is 11.6 Å². The summed E-state index contributed by atoms with van der Waals surface area (Å²) in [4.78, 5) is 9.25. The SMILES string of the molecule is Cc1ncc2n1-c1ccc(Cl)cc1C(c1ccccc1)=NC2. The summed E-state index contributed by atoms with van der Waals surface area (Å²) in [5.41, 5.74) is 5.28. The Labute approximate surface area is 133 Å². The number of hydrogen-bond acceptors (Lipinski definition) is 2. The molecule has 0 saturated carbocycles. The van der Waals surface area contributed by atoms with Gasteiger partial charge in [0.1, 0.15) is 5.82 Å². The average Bonchev–Trinajstić information content (AvgIpc) is 2.82. The molecule has 0 saturated heterocycles. The van der Waals surface area contributed by atoms with Crippen molar-refractivity contribution in [1.82, 2.24) is 9.55 Å². The molecule has 0 atom stereocenters. The summed E-state index contributed by atoms with van der Waals surface area (Å²) in [5, 5.41) is 0.712. The highest BCUT2D eigenvalue weighted by molar-refractivity contribution is 6.31. The molecule has 0 radical (unpaired) electrons. The van der Waals surface area contributed by atoms with Crippen LogP contribution in [0.4, 0.5) is 0 Å². The first-order valence-corrected chi connectivity index (χ1v) is 7.55. The second-order valence-electron chi connectivity index (χ2n) is 5.32. The molecule has 0 aliphatic carbocycles. The largest absolute Gasteiger partial charge is 0.298 e. The minimum atomic E-state index is 0.608. The molecule has 3 nitrogen and oxygen atoms in total. The standard InChI is InChI=1S/C18H14ClN3/c1-12-20-10-15-11-21-18(13-5-3-2-4-6-13)16-9-14(19)7-8-17(16)22(12)15/h2-10H,11H2,1H3. The van der Waals surface area contributed by atoms with Gasteiger partial charge in [-0.1, -0.05) is 41.9 Å². The number of aryl methyl sites for hydroxylation is 1. The van der Waals surface area contributed by atoms with Crippen molar-refractivity contribution in [2.45, 2.75) is 13.5 Å². The summed E-state index contributed by atoms with van der Waals surface area (Å²) in [6.45, 7) is 2.62. The van der Waals surface area contributed by atoms with Crippen molar-refractivity contribution in [3.05, 3.63) is 82.4 Å². The number of halogens is 1. The maximum atomic E-state index is 6.24. The van der Waals surface area contributed by atoms with Crippen LogP contribution in [0.5, 0.6) is 0 Å². The molecular formula is C18H14ClN3. The van der Waals surface area contributed by atoms with Crippen molar-refractivity contribution in [2.75, 3.05) is 0 Å². The minimum Gasteiger partial charge on any atom is -0.298 e. The van der Waals surface area contributed by atoms with Gasteiger partial charge in [0.25, 0.3) is 0 Å². The Hall–Kier alpha value is -2.39. The van der Waals surface area contributed by atoms with E-state index in [1.807, 2.05) is 49.5 Å². The first-order chi connectivity index (χ1) is 10.7. The fraction of sp³-hybridized carbons (Fsp3) is 0.111. The minimum absolute atomic E-state index is 0.608. The Morgan fingerprint density at radius 3 is 2.73 bits per heavy atom. The van der Waals surface area contributed by atoms with Gasteiger partial charge >= 0.3 is 0 Å². The van der Waals surface area contributed by atoms with Crippen molar-refractivity contribution in [3.8, 4) is 5.69 Å². The van der Waals surface area contributed by atoms with Crippen LogP contribution in [-0.2, 0) is 6.54 Å². The third-order valence-electron chi connectivity index (χ3n) is 3.91. The molecule has 0 fully saturated rings. The molecule has 3 aromatic rings. The zero-order chi connectivity index (χ0) is 15.1. The van der Waals surface area contributed by atoms with E-state index in [-0.39, 0.29) is 0 Å². The van der Waals surface area contributed by atoms with Gasteiger partial charge in [-0.25, -0.2) is 4.98 Å². The van der Waals surface area contributed by atoms with E-state index < -0.39 is 0 Å². The van der Waals surface area contributed by atoms with Crippen LogP contribution in [0.3, 0.4) is 0 Å². The van der Waals surface area contributed by atoms with Gasteiger partial charge in [-0.2, -0.15) is 0 Å². The zero-order valence-electron chi connectivity index (χ0n) is 12.1. The number of fused-ring (bicyclic) bond motifs is 3. The molecule has 108 valence electrons. The molecular weight excluding hydrogens is 294 g/mol. The molecule has 1 aromatic heterocycles. The van der Waals surface area contributed by atoms with E-state index >= 15 is 0 Å². The third-order valence-corrected chi connectivity index (χ3v) is 4.15. The van der Waals surface area contributed by atoms with E-state index in [0.29, 0.717) is 11.6 Å². The van der Waals surface area contributed by atoms with E-state index in [2.05, 4.69) is 21.7 Å². The molecule has 0 spiro atoms. The maximum absolute atomic E-state index is 6.24. The molecule has 0 unspecified atom stereocenters. The van der Waals surface area contributed by atoms with Gasteiger partial charge in [0.15, 0.2) is 0 Å². The van der Waals surface area contributed by atoms with Crippen LogP contribution < -0.4 is 0 Å². The summed E-state index contributed by atoms with van der Waals surface area (Å²) < 4.78 is 2.16. The first kappa shape index (κ1) is 13.3. The van der Waals surface area contributed by atoms with Crippen molar-refractivity contribution in [2.24, 2.45) is 4.99 Å². The van der Waals surface area contributed by atoms with E-state index in [4.69, 9.17) is 16.6 Å². The van der Waals surface area contributed by atoms with Crippen LogP contribution in [0.25, 0.3) is 5.69 Å². The Bertz CT molecular complexity index is 879. The number of hydrogen-bond donors (Lipinski definition) is 0. The van der Waals surface area contributed by atoms with Gasteiger partial charge in [-0.3, -0.25) is 9.56 Å². The highest BCUT2D eigenvalue weighted by Gasteiger charge is 2.20. The smallest absolute Gasteiger partial charge is 0.110 e. The molecule has 1 aliphatic rings. The number of aliphatic imine (C=N–C) groups is 1. The second kappa shape index (κ2) is 5.11. The second-order valence-corrected chi connectivity index (χ2v) is 5.76. The quantitative estimate of drug-likeness (QED) is 0.663. The zero-order valence-corrected chi connectivity index (χ0v) is 12.9. The fourth-order valence-electron chi connectivity index (χ4n) is 2.91. The number of nitrogens with zero attached hydrogens (tertiary/aromatic N) is 3. The van der Waals surface area contributed by atoms with Gasteiger partial charge in [-0.15, -0.1) is 0 Å². The van der Waals surface area contributed by atoms with Crippen molar-refractivity contribution >= 4 is 17.3 Å². The summed E-state index contributed by atoms with van der Waals surface area (Å²) in [5.74, 6) is 0.961. The molecule has 1 aliphatic heterocycles. The lowest BCUT2D eigenvalue weighted by molar-refractivity contribution is 0.889. The molecule has 0 N–H and O–H groups in total. The molecule has 2 aromatic carbocycles. The Kier molecular flexibility index (Phi) is 3.09. The Balaban J connectivity index is 2.01. The van der Waals surface area contributed by atoms with Crippen LogP contribution in [0.15, 0.2) is 59.7 Å². The van der Waals surface area contributed by atoms with Crippen molar-refractivity contribution in [3.63, 3.8) is 0 Å². The number of benzene rings is 2. The van der Waals surface area contributed by atoms with Crippen molar-refractivity contribution < 1.29 is 0 Å². The molecule has 4 rings (SSSR count). The number of aromatic nitrogens is 2.